The van der Waals surface area contributed by atoms with Gasteiger partial charge in [-0.25, -0.2) is 4.39 Å². The molecule has 0 aliphatic carbocycles. The summed E-state index contributed by atoms with van der Waals surface area (Å²) in [6.45, 7) is 4.60. The summed E-state index contributed by atoms with van der Waals surface area (Å²) in [7, 11) is 0. The summed E-state index contributed by atoms with van der Waals surface area (Å²) in [6, 6.07) is 14.3. The number of rotatable bonds is 5. The van der Waals surface area contributed by atoms with Crippen LogP contribution in [0.3, 0.4) is 0 Å². The zero-order chi connectivity index (χ0) is 13.7. The third-order valence-corrected chi connectivity index (χ3v) is 2.64. The van der Waals surface area contributed by atoms with E-state index in [9.17, 15) is 4.39 Å². The van der Waals surface area contributed by atoms with E-state index in [1.807, 2.05) is 44.2 Å². The van der Waals surface area contributed by atoms with Crippen molar-refractivity contribution < 1.29 is 9.13 Å². The molecule has 0 heterocycles. The molecule has 0 unspecified atom stereocenters. The Morgan fingerprint density at radius 2 is 1.89 bits per heavy atom. The van der Waals surface area contributed by atoms with E-state index in [2.05, 4.69) is 5.32 Å². The number of benzene rings is 2. The highest BCUT2D eigenvalue weighted by molar-refractivity contribution is 5.45. The van der Waals surface area contributed by atoms with Crippen molar-refractivity contribution in [2.75, 3.05) is 5.32 Å². The molecule has 1 N–H and O–H groups in total. The summed E-state index contributed by atoms with van der Waals surface area (Å²) in [5.41, 5.74) is 1.82. The molecule has 0 spiro atoms. The Labute approximate surface area is 113 Å². The predicted octanol–water partition coefficient (Wildman–Crippen LogP) is 4.23. The van der Waals surface area contributed by atoms with Crippen LogP contribution in [0.4, 0.5) is 10.1 Å². The predicted molar refractivity (Wildman–Crippen MR) is 75.9 cm³/mol. The molecule has 0 radical (unpaired) electrons. The molecule has 0 bridgehead atoms. The van der Waals surface area contributed by atoms with E-state index in [0.29, 0.717) is 6.54 Å². The molecular formula is C16H18FNO. The molecule has 2 rings (SSSR count). The molecule has 2 aromatic rings. The first-order valence-electron chi connectivity index (χ1n) is 6.39. The summed E-state index contributed by atoms with van der Waals surface area (Å²) >= 11 is 0. The van der Waals surface area contributed by atoms with Crippen molar-refractivity contribution in [3.63, 3.8) is 0 Å². The Kier molecular flexibility index (Phi) is 4.39. The van der Waals surface area contributed by atoms with Crippen LogP contribution < -0.4 is 10.1 Å². The Hall–Kier alpha value is -2.03. The lowest BCUT2D eigenvalue weighted by Crippen LogP contribution is -2.09. The standard InChI is InChI=1S/C16H18FNO/c1-12(2)19-16-9-4-3-6-13(16)11-18-15-8-5-7-14(17)10-15/h3-10,12,18H,11H2,1-2H3. The van der Waals surface area contributed by atoms with Gasteiger partial charge >= 0.3 is 0 Å². The minimum absolute atomic E-state index is 0.135. The van der Waals surface area contributed by atoms with Crippen molar-refractivity contribution in [3.8, 4) is 5.75 Å². The molecule has 100 valence electrons. The van der Waals surface area contributed by atoms with Gasteiger partial charge in [-0.15, -0.1) is 0 Å². The molecule has 3 heteroatoms. The summed E-state index contributed by atoms with van der Waals surface area (Å²) in [4.78, 5) is 0. The van der Waals surface area contributed by atoms with Crippen molar-refractivity contribution in [1.82, 2.24) is 0 Å². The van der Waals surface area contributed by atoms with Crippen LogP contribution in [0.25, 0.3) is 0 Å². The molecule has 0 aliphatic heterocycles. The third kappa shape index (κ3) is 3.98. The lowest BCUT2D eigenvalue weighted by molar-refractivity contribution is 0.240. The number of para-hydroxylation sites is 1. The lowest BCUT2D eigenvalue weighted by Gasteiger charge is -2.15. The Balaban J connectivity index is 2.07. The maximum Gasteiger partial charge on any atom is 0.125 e. The molecule has 19 heavy (non-hydrogen) atoms. The van der Waals surface area contributed by atoms with Gasteiger partial charge in [0.05, 0.1) is 6.10 Å². The number of hydrogen-bond acceptors (Lipinski definition) is 2. The van der Waals surface area contributed by atoms with Crippen molar-refractivity contribution in [2.24, 2.45) is 0 Å². The number of nitrogens with one attached hydrogen (secondary N) is 1. The Morgan fingerprint density at radius 3 is 2.63 bits per heavy atom. The summed E-state index contributed by atoms with van der Waals surface area (Å²) < 4.78 is 18.8. The second-order valence-corrected chi connectivity index (χ2v) is 4.64. The average molecular weight is 259 g/mol. The van der Waals surface area contributed by atoms with Crippen molar-refractivity contribution in [3.05, 3.63) is 59.9 Å². The molecule has 0 saturated carbocycles. The van der Waals surface area contributed by atoms with Crippen LogP contribution in [0.1, 0.15) is 19.4 Å². The van der Waals surface area contributed by atoms with Crippen LogP contribution in [0.5, 0.6) is 5.75 Å². The van der Waals surface area contributed by atoms with Gasteiger partial charge in [0.1, 0.15) is 11.6 Å². The van der Waals surface area contributed by atoms with Crippen LogP contribution in [0.15, 0.2) is 48.5 Å². The van der Waals surface area contributed by atoms with Gasteiger partial charge < -0.3 is 10.1 Å². The maximum atomic E-state index is 13.1. The highest BCUT2D eigenvalue weighted by Gasteiger charge is 2.04. The minimum atomic E-state index is -0.239. The minimum Gasteiger partial charge on any atom is -0.491 e. The highest BCUT2D eigenvalue weighted by atomic mass is 19.1. The smallest absolute Gasteiger partial charge is 0.125 e. The van der Waals surface area contributed by atoms with Gasteiger partial charge in [-0.3, -0.25) is 0 Å². The second-order valence-electron chi connectivity index (χ2n) is 4.64. The zero-order valence-corrected chi connectivity index (χ0v) is 11.2. The maximum absolute atomic E-state index is 13.1. The molecule has 2 aromatic carbocycles. The third-order valence-electron chi connectivity index (χ3n) is 2.64. The van der Waals surface area contributed by atoms with E-state index in [-0.39, 0.29) is 11.9 Å². The summed E-state index contributed by atoms with van der Waals surface area (Å²) in [5, 5.41) is 3.20. The van der Waals surface area contributed by atoms with Gasteiger partial charge in [-0.1, -0.05) is 24.3 Å². The van der Waals surface area contributed by atoms with Crippen LogP contribution in [0.2, 0.25) is 0 Å². The van der Waals surface area contributed by atoms with Gasteiger partial charge in [-0.2, -0.15) is 0 Å². The van der Waals surface area contributed by atoms with Crippen molar-refractivity contribution >= 4 is 5.69 Å². The zero-order valence-electron chi connectivity index (χ0n) is 11.2. The molecule has 0 aliphatic rings. The number of anilines is 1. The second kappa shape index (κ2) is 6.23. The Bertz CT molecular complexity index is 540. The Morgan fingerprint density at radius 1 is 1.11 bits per heavy atom. The van der Waals surface area contributed by atoms with Crippen LogP contribution >= 0.6 is 0 Å². The molecule has 0 amide bonds. The molecule has 2 nitrogen and oxygen atoms in total. The highest BCUT2D eigenvalue weighted by Crippen LogP contribution is 2.21. The topological polar surface area (TPSA) is 21.3 Å². The van der Waals surface area contributed by atoms with E-state index in [1.54, 1.807) is 6.07 Å². The monoisotopic (exact) mass is 259 g/mol. The molecule has 0 atom stereocenters. The van der Waals surface area contributed by atoms with Crippen molar-refractivity contribution in [1.29, 1.82) is 0 Å². The van der Waals surface area contributed by atoms with E-state index in [1.165, 1.54) is 12.1 Å². The molecular weight excluding hydrogens is 241 g/mol. The largest absolute Gasteiger partial charge is 0.491 e. The van der Waals surface area contributed by atoms with Crippen LogP contribution in [-0.4, -0.2) is 6.10 Å². The quantitative estimate of drug-likeness (QED) is 0.867. The average Bonchev–Trinajstić information content (AvgIpc) is 2.37. The molecule has 0 saturated heterocycles. The molecule has 0 aromatic heterocycles. The molecule has 0 fully saturated rings. The normalized spacial score (nSPS) is 10.5. The fraction of sp³-hybridized carbons (Fsp3) is 0.250. The lowest BCUT2D eigenvalue weighted by atomic mass is 10.2. The van der Waals surface area contributed by atoms with Gasteiger partial charge in [0, 0.05) is 17.8 Å². The fourth-order valence-electron chi connectivity index (χ4n) is 1.81. The first-order chi connectivity index (χ1) is 9.15. The van der Waals surface area contributed by atoms with Crippen LogP contribution in [-0.2, 0) is 6.54 Å². The first kappa shape index (κ1) is 13.4. The van der Waals surface area contributed by atoms with Crippen molar-refractivity contribution in [2.45, 2.75) is 26.5 Å². The van der Waals surface area contributed by atoms with Gasteiger partial charge in [0.15, 0.2) is 0 Å². The van der Waals surface area contributed by atoms with E-state index in [4.69, 9.17) is 4.74 Å². The van der Waals surface area contributed by atoms with E-state index < -0.39 is 0 Å². The van der Waals surface area contributed by atoms with Gasteiger partial charge in [0.25, 0.3) is 0 Å². The van der Waals surface area contributed by atoms with Gasteiger partial charge in [-0.05, 0) is 38.1 Å². The van der Waals surface area contributed by atoms with E-state index >= 15 is 0 Å². The van der Waals surface area contributed by atoms with E-state index in [0.717, 1.165) is 17.0 Å². The summed E-state index contributed by atoms with van der Waals surface area (Å²) in [6.07, 6.45) is 0.135. The summed E-state index contributed by atoms with van der Waals surface area (Å²) in [5.74, 6) is 0.623. The van der Waals surface area contributed by atoms with Gasteiger partial charge in [0.2, 0.25) is 0 Å². The SMILES string of the molecule is CC(C)Oc1ccccc1CNc1cccc(F)c1. The number of hydrogen-bond donors (Lipinski definition) is 1. The number of halogens is 1. The first-order valence-corrected chi connectivity index (χ1v) is 6.39. The fourth-order valence-corrected chi connectivity index (χ4v) is 1.81. The number of ether oxygens (including phenoxy) is 1. The van der Waals surface area contributed by atoms with Crippen LogP contribution in [0, 0.1) is 5.82 Å².